The summed E-state index contributed by atoms with van der Waals surface area (Å²) in [7, 11) is 0. The Hall–Kier alpha value is -0.820. The van der Waals surface area contributed by atoms with Crippen LogP contribution in [0.4, 0.5) is 10.2 Å². The molecule has 0 amide bonds. The zero-order valence-corrected chi connectivity index (χ0v) is 12.0. The Kier molecular flexibility index (Phi) is 3.58. The molecule has 1 heterocycles. The molecule has 2 aromatic rings. The molecular weight excluding hydrogens is 355 g/mol. The fourth-order valence-electron chi connectivity index (χ4n) is 1.53. The van der Waals surface area contributed by atoms with Crippen LogP contribution in [0.15, 0.2) is 18.2 Å². The van der Waals surface area contributed by atoms with Gasteiger partial charge >= 0.3 is 0 Å². The number of benzene rings is 1. The normalized spacial score (nSPS) is 10.8. The Morgan fingerprint density at radius 3 is 2.76 bits per heavy atom. The van der Waals surface area contributed by atoms with Crippen molar-refractivity contribution in [2.75, 3.05) is 5.73 Å². The van der Waals surface area contributed by atoms with Crippen molar-refractivity contribution in [3.8, 4) is 0 Å². The van der Waals surface area contributed by atoms with Crippen molar-refractivity contribution in [1.82, 2.24) is 9.78 Å². The third-order valence-electron chi connectivity index (χ3n) is 2.46. The maximum Gasteiger partial charge on any atom is 0.135 e. The van der Waals surface area contributed by atoms with Crippen LogP contribution < -0.4 is 5.73 Å². The molecule has 0 aliphatic heterocycles. The molecule has 0 fully saturated rings. The number of nitrogen functional groups attached to an aromatic ring is 1. The minimum atomic E-state index is -0.347. The molecule has 2 rings (SSSR count). The highest BCUT2D eigenvalue weighted by Crippen LogP contribution is 2.23. The van der Waals surface area contributed by atoms with Gasteiger partial charge in [0.2, 0.25) is 0 Å². The highest BCUT2D eigenvalue weighted by Gasteiger charge is 2.13. The van der Waals surface area contributed by atoms with Gasteiger partial charge < -0.3 is 5.73 Å². The van der Waals surface area contributed by atoms with Crippen LogP contribution >= 0.6 is 34.2 Å². The number of nitrogens with zero attached hydrogens (tertiary/aromatic N) is 2. The molecule has 90 valence electrons. The van der Waals surface area contributed by atoms with Crippen molar-refractivity contribution in [2.24, 2.45) is 0 Å². The lowest BCUT2D eigenvalue weighted by molar-refractivity contribution is 0.586. The number of aryl methyl sites for hydroxylation is 1. The van der Waals surface area contributed by atoms with Gasteiger partial charge in [-0.2, -0.15) is 5.10 Å². The highest BCUT2D eigenvalue weighted by molar-refractivity contribution is 14.1. The van der Waals surface area contributed by atoms with Crippen molar-refractivity contribution < 1.29 is 4.39 Å². The molecule has 0 saturated carbocycles. The van der Waals surface area contributed by atoms with Gasteiger partial charge in [0.15, 0.2) is 0 Å². The van der Waals surface area contributed by atoms with E-state index in [1.807, 2.05) is 6.92 Å². The zero-order chi connectivity index (χ0) is 12.6. The van der Waals surface area contributed by atoms with Gasteiger partial charge in [-0.25, -0.2) is 9.07 Å². The van der Waals surface area contributed by atoms with E-state index in [0.717, 1.165) is 9.26 Å². The summed E-state index contributed by atoms with van der Waals surface area (Å²) in [6, 6.07) is 4.60. The molecule has 0 unspecified atom stereocenters. The summed E-state index contributed by atoms with van der Waals surface area (Å²) in [5.41, 5.74) is 7.11. The molecule has 6 heteroatoms. The van der Waals surface area contributed by atoms with Crippen LogP contribution in [-0.2, 0) is 6.54 Å². The molecule has 0 aliphatic carbocycles. The van der Waals surface area contributed by atoms with Crippen molar-refractivity contribution in [3.63, 3.8) is 0 Å². The van der Waals surface area contributed by atoms with Gasteiger partial charge in [-0.15, -0.1) is 0 Å². The monoisotopic (exact) mass is 365 g/mol. The lowest BCUT2D eigenvalue weighted by atomic mass is 10.2. The molecule has 0 atom stereocenters. The highest BCUT2D eigenvalue weighted by atomic mass is 127. The first-order valence-electron chi connectivity index (χ1n) is 4.92. The van der Waals surface area contributed by atoms with Crippen LogP contribution in [0.3, 0.4) is 0 Å². The van der Waals surface area contributed by atoms with Crippen LogP contribution in [0.5, 0.6) is 0 Å². The molecule has 3 nitrogen and oxygen atoms in total. The minimum absolute atomic E-state index is 0.237. The number of nitrogens with two attached hydrogens (primary N) is 1. The van der Waals surface area contributed by atoms with Gasteiger partial charge in [-0.05, 0) is 41.6 Å². The van der Waals surface area contributed by atoms with Crippen molar-refractivity contribution in [3.05, 3.63) is 43.9 Å². The number of halogens is 3. The van der Waals surface area contributed by atoms with Gasteiger partial charge in [0, 0.05) is 10.6 Å². The zero-order valence-electron chi connectivity index (χ0n) is 9.04. The summed E-state index contributed by atoms with van der Waals surface area (Å²) < 4.78 is 16.0. The lowest BCUT2D eigenvalue weighted by Gasteiger charge is -2.07. The second-order valence-electron chi connectivity index (χ2n) is 3.64. The van der Waals surface area contributed by atoms with E-state index >= 15 is 0 Å². The number of hydrogen-bond donors (Lipinski definition) is 1. The summed E-state index contributed by atoms with van der Waals surface area (Å²) in [5, 5.41) is 4.63. The smallest absolute Gasteiger partial charge is 0.135 e. The van der Waals surface area contributed by atoms with Crippen molar-refractivity contribution >= 4 is 40.0 Å². The van der Waals surface area contributed by atoms with E-state index in [0.29, 0.717) is 16.4 Å². The number of anilines is 1. The average Bonchev–Trinajstić information content (AvgIpc) is 2.52. The van der Waals surface area contributed by atoms with E-state index in [9.17, 15) is 4.39 Å². The molecule has 2 N–H and O–H groups in total. The maximum atomic E-state index is 13.6. The number of aromatic nitrogens is 2. The first-order valence-corrected chi connectivity index (χ1v) is 6.37. The van der Waals surface area contributed by atoms with Gasteiger partial charge in [-0.1, -0.05) is 17.7 Å². The van der Waals surface area contributed by atoms with Gasteiger partial charge in [0.25, 0.3) is 0 Å². The van der Waals surface area contributed by atoms with E-state index < -0.39 is 0 Å². The first kappa shape index (κ1) is 12.6. The van der Waals surface area contributed by atoms with Crippen LogP contribution in [0.25, 0.3) is 0 Å². The van der Waals surface area contributed by atoms with Crippen LogP contribution in [0, 0.1) is 16.3 Å². The Bertz CT molecular complexity index is 548. The molecular formula is C11H10ClFIN3. The van der Waals surface area contributed by atoms with Crippen LogP contribution in [0.2, 0.25) is 5.02 Å². The lowest BCUT2D eigenvalue weighted by Crippen LogP contribution is -2.08. The van der Waals surface area contributed by atoms with Gasteiger partial charge in [0.1, 0.15) is 11.6 Å². The largest absolute Gasteiger partial charge is 0.383 e. The van der Waals surface area contributed by atoms with E-state index in [2.05, 4.69) is 27.7 Å². The summed E-state index contributed by atoms with van der Waals surface area (Å²) in [5.74, 6) is 0.183. The SMILES string of the molecule is Cc1nn(Cc2c(F)cccc2Cl)c(N)c1I. The molecule has 0 saturated heterocycles. The predicted octanol–water partition coefficient (Wildman–Crippen LogP) is 3.22. The molecule has 1 aromatic carbocycles. The third kappa shape index (κ3) is 2.40. The predicted molar refractivity (Wildman–Crippen MR) is 74.6 cm³/mol. The van der Waals surface area contributed by atoms with Gasteiger partial charge in [-0.3, -0.25) is 0 Å². The Morgan fingerprint density at radius 1 is 1.53 bits per heavy atom. The second kappa shape index (κ2) is 4.81. The molecule has 0 bridgehead atoms. The topological polar surface area (TPSA) is 43.8 Å². The summed E-state index contributed by atoms with van der Waals surface area (Å²) in [6.07, 6.45) is 0. The fourth-order valence-corrected chi connectivity index (χ4v) is 2.14. The fraction of sp³-hybridized carbons (Fsp3) is 0.182. The molecule has 17 heavy (non-hydrogen) atoms. The summed E-state index contributed by atoms with van der Waals surface area (Å²) in [4.78, 5) is 0. The van der Waals surface area contributed by atoms with E-state index in [1.54, 1.807) is 16.8 Å². The second-order valence-corrected chi connectivity index (χ2v) is 5.13. The van der Waals surface area contributed by atoms with Crippen LogP contribution in [-0.4, -0.2) is 9.78 Å². The average molecular weight is 366 g/mol. The van der Waals surface area contributed by atoms with Crippen LogP contribution in [0.1, 0.15) is 11.3 Å². The minimum Gasteiger partial charge on any atom is -0.383 e. The Balaban J connectivity index is 2.41. The molecule has 0 aliphatic rings. The molecule has 1 aromatic heterocycles. The Labute approximate surface area is 117 Å². The molecule has 0 radical (unpaired) electrons. The van der Waals surface area contributed by atoms with E-state index in [4.69, 9.17) is 17.3 Å². The Morgan fingerprint density at radius 2 is 2.24 bits per heavy atom. The first-order chi connectivity index (χ1) is 8.00. The van der Waals surface area contributed by atoms with Gasteiger partial charge in [0.05, 0.1) is 15.8 Å². The van der Waals surface area contributed by atoms with E-state index in [-0.39, 0.29) is 12.4 Å². The quantitative estimate of drug-likeness (QED) is 0.831. The molecule has 0 spiro atoms. The summed E-state index contributed by atoms with van der Waals surface area (Å²) >= 11 is 8.07. The number of hydrogen-bond acceptors (Lipinski definition) is 2. The maximum absolute atomic E-state index is 13.6. The number of rotatable bonds is 2. The summed E-state index contributed by atoms with van der Waals surface area (Å²) in [6.45, 7) is 2.10. The third-order valence-corrected chi connectivity index (χ3v) is 4.15. The van der Waals surface area contributed by atoms with Crippen molar-refractivity contribution in [1.29, 1.82) is 0 Å². The van der Waals surface area contributed by atoms with Crippen molar-refractivity contribution in [2.45, 2.75) is 13.5 Å². The van der Waals surface area contributed by atoms with E-state index in [1.165, 1.54) is 6.07 Å². The standard InChI is InChI=1S/C11H10ClFIN3/c1-6-10(14)11(15)17(16-6)5-7-8(12)3-2-4-9(7)13/h2-4H,5,15H2,1H3.